The smallest absolute Gasteiger partial charge is 0.308 e. The number of amides is 1. The second-order valence-corrected chi connectivity index (χ2v) is 8.70. The number of aromatic nitrogens is 4. The molecule has 3 aromatic rings. The van der Waals surface area contributed by atoms with E-state index < -0.39 is 12.1 Å². The van der Waals surface area contributed by atoms with E-state index in [1.165, 1.54) is 11.3 Å². The summed E-state index contributed by atoms with van der Waals surface area (Å²) in [5.74, 6) is -0.849. The van der Waals surface area contributed by atoms with Crippen molar-refractivity contribution in [1.29, 1.82) is 0 Å². The van der Waals surface area contributed by atoms with Crippen molar-refractivity contribution in [3.8, 4) is 0 Å². The maximum atomic E-state index is 13.2. The van der Waals surface area contributed by atoms with Crippen molar-refractivity contribution in [2.75, 3.05) is 4.90 Å². The number of hydrogen-bond acceptors (Lipinski definition) is 8. The van der Waals surface area contributed by atoms with Gasteiger partial charge in [0, 0.05) is 17.6 Å². The summed E-state index contributed by atoms with van der Waals surface area (Å²) in [7, 11) is 0. The third-order valence-electron chi connectivity index (χ3n) is 5.62. The summed E-state index contributed by atoms with van der Waals surface area (Å²) in [4.78, 5) is 44.1. The van der Waals surface area contributed by atoms with Gasteiger partial charge in [-0.1, -0.05) is 36.6 Å². The van der Waals surface area contributed by atoms with E-state index in [4.69, 9.17) is 4.74 Å². The lowest BCUT2D eigenvalue weighted by Crippen LogP contribution is -2.47. The molecule has 4 rings (SSSR count). The van der Waals surface area contributed by atoms with Crippen LogP contribution in [0.2, 0.25) is 0 Å². The number of esters is 1. The first-order valence-electron chi connectivity index (χ1n) is 10.8. The van der Waals surface area contributed by atoms with E-state index in [9.17, 15) is 14.4 Å². The maximum absolute atomic E-state index is 13.2. The van der Waals surface area contributed by atoms with Gasteiger partial charge in [-0.05, 0) is 31.9 Å². The van der Waals surface area contributed by atoms with Gasteiger partial charge in [0.25, 0.3) is 11.5 Å². The van der Waals surface area contributed by atoms with Gasteiger partial charge in [0.1, 0.15) is 5.52 Å². The van der Waals surface area contributed by atoms with Crippen molar-refractivity contribution in [3.05, 3.63) is 46.2 Å². The Bertz CT molecular complexity index is 1140. The van der Waals surface area contributed by atoms with Gasteiger partial charge >= 0.3 is 5.97 Å². The van der Waals surface area contributed by atoms with Crippen molar-refractivity contribution >= 4 is 39.2 Å². The second kappa shape index (κ2) is 9.99. The Kier molecular flexibility index (Phi) is 6.89. The molecule has 168 valence electrons. The summed E-state index contributed by atoms with van der Waals surface area (Å²) in [5.41, 5.74) is 0.181. The zero-order valence-electron chi connectivity index (χ0n) is 17.8. The van der Waals surface area contributed by atoms with E-state index in [1.54, 1.807) is 42.3 Å². The molecule has 1 aliphatic carbocycles. The molecule has 10 heteroatoms. The monoisotopic (exact) mass is 455 g/mol. The molecule has 1 fully saturated rings. The maximum Gasteiger partial charge on any atom is 0.308 e. The van der Waals surface area contributed by atoms with Crippen molar-refractivity contribution in [2.45, 2.75) is 64.1 Å². The summed E-state index contributed by atoms with van der Waals surface area (Å²) in [6, 6.07) is 6.96. The number of ether oxygens (including phenoxy) is 1. The number of fused-ring (bicyclic) bond motifs is 1. The van der Waals surface area contributed by atoms with E-state index in [0.717, 1.165) is 36.8 Å². The van der Waals surface area contributed by atoms with E-state index in [1.807, 2.05) is 5.38 Å². The number of benzene rings is 1. The molecule has 2 aromatic heterocycles. The predicted molar refractivity (Wildman–Crippen MR) is 120 cm³/mol. The Balaban J connectivity index is 1.39. The van der Waals surface area contributed by atoms with Crippen molar-refractivity contribution in [2.24, 2.45) is 0 Å². The second-order valence-electron chi connectivity index (χ2n) is 7.83. The highest BCUT2D eigenvalue weighted by Gasteiger charge is 2.33. The molecule has 1 aliphatic rings. The standard InChI is InChI=1S/C22H25N5O4S/c1-15(20(29)27(22-23-12-14-32-22)16-7-3-2-4-8-16)31-19(28)11-13-26-21(30)17-9-5-6-10-18(17)24-25-26/h5-6,9-10,12,14-16H,2-4,7-8,11,13H2,1H3. The molecule has 0 spiro atoms. The zero-order chi connectivity index (χ0) is 22.5. The molecule has 1 saturated carbocycles. The van der Waals surface area contributed by atoms with Crippen LogP contribution in [0.4, 0.5) is 5.13 Å². The summed E-state index contributed by atoms with van der Waals surface area (Å²) >= 11 is 1.40. The number of nitrogens with zero attached hydrogens (tertiary/aromatic N) is 5. The average Bonchev–Trinajstić information content (AvgIpc) is 3.34. The van der Waals surface area contributed by atoms with Gasteiger partial charge in [-0.3, -0.25) is 19.3 Å². The molecule has 0 radical (unpaired) electrons. The van der Waals surface area contributed by atoms with Gasteiger partial charge in [-0.15, -0.1) is 16.4 Å². The number of hydrogen-bond donors (Lipinski definition) is 0. The van der Waals surface area contributed by atoms with E-state index in [2.05, 4.69) is 15.3 Å². The quantitative estimate of drug-likeness (QED) is 0.504. The molecule has 1 atom stereocenters. The Labute approximate surface area is 189 Å². The normalized spacial score (nSPS) is 15.4. The van der Waals surface area contributed by atoms with Crippen LogP contribution in [0.15, 0.2) is 40.6 Å². The molecule has 0 bridgehead atoms. The van der Waals surface area contributed by atoms with Crippen LogP contribution < -0.4 is 10.5 Å². The molecule has 0 aliphatic heterocycles. The molecule has 9 nitrogen and oxygen atoms in total. The highest BCUT2D eigenvalue weighted by Crippen LogP contribution is 2.29. The molecule has 32 heavy (non-hydrogen) atoms. The lowest BCUT2D eigenvalue weighted by molar-refractivity contribution is -0.154. The van der Waals surface area contributed by atoms with Gasteiger partial charge < -0.3 is 4.74 Å². The van der Waals surface area contributed by atoms with Crippen molar-refractivity contribution in [1.82, 2.24) is 20.0 Å². The van der Waals surface area contributed by atoms with Crippen LogP contribution in [-0.4, -0.2) is 44.0 Å². The largest absolute Gasteiger partial charge is 0.452 e. The molecular formula is C22H25N5O4S. The Morgan fingerprint density at radius 3 is 2.78 bits per heavy atom. The van der Waals surface area contributed by atoms with Crippen LogP contribution in [0.25, 0.3) is 10.9 Å². The van der Waals surface area contributed by atoms with Crippen molar-refractivity contribution < 1.29 is 14.3 Å². The van der Waals surface area contributed by atoms with Gasteiger partial charge in [-0.2, -0.15) is 0 Å². The summed E-state index contributed by atoms with van der Waals surface area (Å²) in [6.45, 7) is 1.60. The van der Waals surface area contributed by atoms with Gasteiger partial charge in [0.15, 0.2) is 11.2 Å². The van der Waals surface area contributed by atoms with Crippen LogP contribution in [0.3, 0.4) is 0 Å². The Morgan fingerprint density at radius 1 is 1.25 bits per heavy atom. The first-order valence-corrected chi connectivity index (χ1v) is 11.7. The molecule has 1 amide bonds. The summed E-state index contributed by atoms with van der Waals surface area (Å²) < 4.78 is 6.55. The molecule has 1 aromatic carbocycles. The first kappa shape index (κ1) is 22.1. The van der Waals surface area contributed by atoms with Crippen LogP contribution in [0, 0.1) is 0 Å². The molecule has 0 saturated heterocycles. The molecule has 2 heterocycles. The number of carbonyl (C=O) groups is 2. The lowest BCUT2D eigenvalue weighted by Gasteiger charge is -2.33. The van der Waals surface area contributed by atoms with Gasteiger partial charge in [-0.25, -0.2) is 9.67 Å². The third kappa shape index (κ3) is 4.85. The minimum Gasteiger partial charge on any atom is -0.452 e. The fourth-order valence-corrected chi connectivity index (χ4v) is 4.69. The van der Waals surface area contributed by atoms with E-state index >= 15 is 0 Å². The summed E-state index contributed by atoms with van der Waals surface area (Å²) in [6.07, 6.45) is 5.74. The van der Waals surface area contributed by atoms with Crippen LogP contribution in [0.5, 0.6) is 0 Å². The number of carbonyl (C=O) groups excluding carboxylic acids is 2. The van der Waals surface area contributed by atoms with E-state index in [0.29, 0.717) is 16.0 Å². The average molecular weight is 456 g/mol. The lowest BCUT2D eigenvalue weighted by atomic mass is 9.94. The predicted octanol–water partition coefficient (Wildman–Crippen LogP) is 2.94. The number of thiazole rings is 1. The van der Waals surface area contributed by atoms with Crippen molar-refractivity contribution in [3.63, 3.8) is 0 Å². The number of anilines is 1. The minimum atomic E-state index is -0.951. The molecule has 1 unspecified atom stereocenters. The fourth-order valence-electron chi connectivity index (χ4n) is 3.97. The SMILES string of the molecule is CC(OC(=O)CCn1nnc2ccccc2c1=O)C(=O)N(c1nccs1)C1CCCCC1. The fraction of sp³-hybridized carbons (Fsp3) is 0.455. The molecule has 0 N–H and O–H groups in total. The highest BCUT2D eigenvalue weighted by molar-refractivity contribution is 7.13. The van der Waals surface area contributed by atoms with Crippen LogP contribution >= 0.6 is 11.3 Å². The van der Waals surface area contributed by atoms with Gasteiger partial charge in [0.2, 0.25) is 0 Å². The van der Waals surface area contributed by atoms with E-state index in [-0.39, 0.29) is 30.5 Å². The minimum absolute atomic E-state index is 0.0230. The highest BCUT2D eigenvalue weighted by atomic mass is 32.1. The molecular weight excluding hydrogens is 430 g/mol. The topological polar surface area (TPSA) is 107 Å². The third-order valence-corrected chi connectivity index (χ3v) is 6.39. The Hall–Kier alpha value is -3.14. The van der Waals surface area contributed by atoms with Crippen LogP contribution in [0.1, 0.15) is 45.4 Å². The van der Waals surface area contributed by atoms with Crippen LogP contribution in [-0.2, 0) is 20.9 Å². The zero-order valence-corrected chi connectivity index (χ0v) is 18.7. The summed E-state index contributed by atoms with van der Waals surface area (Å²) in [5, 5.41) is 10.8. The number of aryl methyl sites for hydroxylation is 1. The first-order chi connectivity index (χ1) is 15.5. The number of rotatable bonds is 7. The van der Waals surface area contributed by atoms with Gasteiger partial charge in [0.05, 0.1) is 18.4 Å². The Morgan fingerprint density at radius 2 is 2.03 bits per heavy atom.